The lowest BCUT2D eigenvalue weighted by atomic mass is 9.99. The molecule has 1 aliphatic rings. The molecule has 1 amide bonds. The number of benzene rings is 3. The van der Waals surface area contributed by atoms with Crippen molar-refractivity contribution in [1.29, 1.82) is 0 Å². The summed E-state index contributed by atoms with van der Waals surface area (Å²) in [7, 11) is 0. The number of nitrogens with zero attached hydrogens (tertiary/aromatic N) is 3. The zero-order valence-electron chi connectivity index (χ0n) is 28.8. The van der Waals surface area contributed by atoms with E-state index in [1.54, 1.807) is 43.7 Å². The quantitative estimate of drug-likeness (QED) is 0.0695. The van der Waals surface area contributed by atoms with Crippen LogP contribution in [0.25, 0.3) is 17.2 Å². The highest BCUT2D eigenvalue weighted by Gasteiger charge is 2.23. The van der Waals surface area contributed by atoms with Gasteiger partial charge < -0.3 is 33.9 Å². The van der Waals surface area contributed by atoms with Gasteiger partial charge in [0, 0.05) is 43.2 Å². The van der Waals surface area contributed by atoms with Gasteiger partial charge in [0.15, 0.2) is 10.6 Å². The van der Waals surface area contributed by atoms with Crippen molar-refractivity contribution < 1.29 is 23.9 Å². The molecule has 0 aliphatic carbocycles. The molecule has 10 heteroatoms. The van der Waals surface area contributed by atoms with Gasteiger partial charge in [-0.25, -0.2) is 4.98 Å². The van der Waals surface area contributed by atoms with Gasteiger partial charge >= 0.3 is 0 Å². The summed E-state index contributed by atoms with van der Waals surface area (Å²) < 4.78 is 26.5. The maximum absolute atomic E-state index is 13.4. The fourth-order valence-electron chi connectivity index (χ4n) is 5.76. The van der Waals surface area contributed by atoms with Crippen molar-refractivity contribution in [3.8, 4) is 16.9 Å². The maximum Gasteiger partial charge on any atom is 0.251 e. The van der Waals surface area contributed by atoms with Gasteiger partial charge in [0.1, 0.15) is 12.4 Å². The maximum atomic E-state index is 13.4. The Labute approximate surface area is 293 Å². The van der Waals surface area contributed by atoms with Gasteiger partial charge in [-0.05, 0) is 109 Å². The van der Waals surface area contributed by atoms with Crippen LogP contribution in [0.4, 0.5) is 11.4 Å². The number of aliphatic hydroxyl groups excluding tert-OH is 1. The van der Waals surface area contributed by atoms with Crippen molar-refractivity contribution in [1.82, 2.24) is 9.55 Å². The summed E-state index contributed by atoms with van der Waals surface area (Å²) >= 11 is -1.23. The number of ether oxygens (including phenoxy) is 2. The number of aryl methyl sites for hydroxylation is 1. The molecule has 5 rings (SSSR count). The SMILES string of the molecule is CCCCOCCOc1ccc(-c2ccc(N3CCC(O)C3)c(C=C(C)C(=O)Nc3ccc([S@@+]([O-])Cc4cncn4CCC)cc3)c2)cc1. The predicted octanol–water partition coefficient (Wildman–Crippen LogP) is 7.08. The molecule has 9 nitrogen and oxygen atoms in total. The van der Waals surface area contributed by atoms with Crippen molar-refractivity contribution in [3.63, 3.8) is 0 Å². The summed E-state index contributed by atoms with van der Waals surface area (Å²) in [6, 6.07) is 21.4. The number of amides is 1. The molecule has 1 aliphatic heterocycles. The van der Waals surface area contributed by atoms with Gasteiger partial charge in [-0.3, -0.25) is 4.79 Å². The Morgan fingerprint density at radius 3 is 2.53 bits per heavy atom. The number of rotatable bonds is 17. The first-order chi connectivity index (χ1) is 23.8. The lowest BCUT2D eigenvalue weighted by molar-refractivity contribution is -0.112. The highest BCUT2D eigenvalue weighted by Crippen LogP contribution is 2.32. The number of anilines is 2. The number of hydrogen-bond acceptors (Lipinski definition) is 7. The Kier molecular flexibility index (Phi) is 13.3. The molecule has 0 saturated carbocycles. The van der Waals surface area contributed by atoms with E-state index in [1.807, 2.05) is 34.9 Å². The molecular formula is C39H48N4O5S. The number of β-amino-alcohol motifs (C(OH)–C–C–N with tert-alkyl or cyclic N) is 1. The van der Waals surface area contributed by atoms with E-state index in [1.165, 1.54) is 0 Å². The van der Waals surface area contributed by atoms with Crippen LogP contribution in [0.5, 0.6) is 5.75 Å². The predicted molar refractivity (Wildman–Crippen MR) is 197 cm³/mol. The third kappa shape index (κ3) is 10.2. The van der Waals surface area contributed by atoms with Crippen LogP contribution in [-0.4, -0.2) is 64.1 Å². The first-order valence-electron chi connectivity index (χ1n) is 17.2. The van der Waals surface area contributed by atoms with Crippen LogP contribution in [0.3, 0.4) is 0 Å². The van der Waals surface area contributed by atoms with E-state index in [4.69, 9.17) is 9.47 Å². The Bertz CT molecular complexity index is 1670. The minimum Gasteiger partial charge on any atom is -0.611 e. The number of unbranched alkanes of at least 4 members (excludes halogenated alkanes) is 1. The molecule has 0 bridgehead atoms. The monoisotopic (exact) mass is 684 g/mol. The summed E-state index contributed by atoms with van der Waals surface area (Å²) in [4.78, 5) is 20.4. The highest BCUT2D eigenvalue weighted by molar-refractivity contribution is 7.90. The number of aliphatic hydroxyl groups is 1. The van der Waals surface area contributed by atoms with Crippen LogP contribution < -0.4 is 15.0 Å². The molecular weight excluding hydrogens is 637 g/mol. The van der Waals surface area contributed by atoms with Gasteiger partial charge in [-0.1, -0.05) is 38.5 Å². The van der Waals surface area contributed by atoms with Crippen LogP contribution in [0.1, 0.15) is 57.7 Å². The molecule has 1 unspecified atom stereocenters. The van der Waals surface area contributed by atoms with Gasteiger partial charge in [0.05, 0.1) is 30.9 Å². The van der Waals surface area contributed by atoms with Crippen LogP contribution in [0, 0.1) is 0 Å². The second kappa shape index (κ2) is 18.1. The van der Waals surface area contributed by atoms with E-state index in [0.717, 1.165) is 72.8 Å². The van der Waals surface area contributed by atoms with Gasteiger partial charge in [0.2, 0.25) is 0 Å². The van der Waals surface area contributed by atoms with E-state index < -0.39 is 11.2 Å². The van der Waals surface area contributed by atoms with Gasteiger partial charge in [0.25, 0.3) is 5.91 Å². The zero-order valence-corrected chi connectivity index (χ0v) is 29.6. The fourth-order valence-corrected chi connectivity index (χ4v) is 6.87. The van der Waals surface area contributed by atoms with Gasteiger partial charge in [-0.15, -0.1) is 0 Å². The summed E-state index contributed by atoms with van der Waals surface area (Å²) in [5, 5.41) is 13.2. The summed E-state index contributed by atoms with van der Waals surface area (Å²) in [5.41, 5.74) is 6.03. The molecule has 0 radical (unpaired) electrons. The first kappa shape index (κ1) is 36.2. The van der Waals surface area contributed by atoms with E-state index in [0.29, 0.717) is 48.1 Å². The Morgan fingerprint density at radius 2 is 1.82 bits per heavy atom. The highest BCUT2D eigenvalue weighted by atomic mass is 32.2. The lowest BCUT2D eigenvalue weighted by Gasteiger charge is -2.22. The molecule has 49 heavy (non-hydrogen) atoms. The third-order valence-corrected chi connectivity index (χ3v) is 9.86. The minimum atomic E-state index is -1.23. The molecule has 1 saturated heterocycles. The van der Waals surface area contributed by atoms with E-state index >= 15 is 0 Å². The second-order valence-corrected chi connectivity index (χ2v) is 13.8. The molecule has 260 valence electrons. The van der Waals surface area contributed by atoms with E-state index in [-0.39, 0.29) is 12.0 Å². The average Bonchev–Trinajstić information content (AvgIpc) is 3.75. The normalized spacial score (nSPS) is 15.4. The number of imidazole rings is 1. The number of hydrogen-bond donors (Lipinski definition) is 2. The largest absolute Gasteiger partial charge is 0.611 e. The van der Waals surface area contributed by atoms with Crippen molar-refractivity contribution in [2.45, 2.75) is 69.8 Å². The topological polar surface area (TPSA) is 112 Å². The molecule has 0 spiro atoms. The fraction of sp³-hybridized carbons (Fsp3) is 0.385. The number of nitrogens with one attached hydrogen (secondary N) is 1. The molecule has 3 aromatic carbocycles. The van der Waals surface area contributed by atoms with Gasteiger partial charge in [-0.2, -0.15) is 0 Å². The van der Waals surface area contributed by atoms with E-state index in [2.05, 4.69) is 47.2 Å². The number of carbonyl (C=O) groups excluding carboxylic acids is 1. The smallest absolute Gasteiger partial charge is 0.251 e. The molecule has 1 fully saturated rings. The standard InChI is InChI=1S/C39H48N4O5S/c1-4-6-20-47-21-22-48-36-12-7-30(8-13-36)31-9-16-38(42-19-17-35(44)26-42)32(24-31)23-29(3)39(45)41-33-10-14-37(15-11-33)49(46)27-34-25-40-28-43(34)18-5-2/h7-16,23-25,28,35,44H,4-6,17-22,26-27H2,1-3H3,(H,41,45)/t35?,49-/m0/s1. The summed E-state index contributed by atoms with van der Waals surface area (Å²) in [6.07, 6.45) is 8.92. The Morgan fingerprint density at radius 1 is 1.04 bits per heavy atom. The van der Waals surface area contributed by atoms with Crippen LogP contribution in [0.15, 0.2) is 89.7 Å². The van der Waals surface area contributed by atoms with Crippen molar-refractivity contribution in [2.75, 3.05) is 43.1 Å². The van der Waals surface area contributed by atoms with Crippen LogP contribution in [-0.2, 0) is 33.0 Å². The van der Waals surface area contributed by atoms with Crippen LogP contribution >= 0.6 is 0 Å². The molecule has 2 heterocycles. The average molecular weight is 685 g/mol. The second-order valence-electron chi connectivity index (χ2n) is 12.4. The van der Waals surface area contributed by atoms with Crippen molar-refractivity contribution in [2.24, 2.45) is 0 Å². The number of aromatic nitrogens is 2. The summed E-state index contributed by atoms with van der Waals surface area (Å²) in [5.74, 6) is 0.947. The minimum absolute atomic E-state index is 0.227. The molecule has 1 aromatic heterocycles. The zero-order chi connectivity index (χ0) is 34.6. The number of carbonyl (C=O) groups is 1. The van der Waals surface area contributed by atoms with Crippen molar-refractivity contribution in [3.05, 3.63) is 96.1 Å². The molecule has 4 aromatic rings. The first-order valence-corrected chi connectivity index (χ1v) is 18.5. The molecule has 2 atom stereocenters. The van der Waals surface area contributed by atoms with Crippen LogP contribution in [0.2, 0.25) is 0 Å². The third-order valence-electron chi connectivity index (χ3n) is 8.51. The van der Waals surface area contributed by atoms with Crippen molar-refractivity contribution >= 4 is 34.5 Å². The van der Waals surface area contributed by atoms with E-state index in [9.17, 15) is 14.5 Å². The summed E-state index contributed by atoms with van der Waals surface area (Å²) in [6.45, 7) is 10.0. The Hall–Kier alpha value is -4.09. The molecule has 2 N–H and O–H groups in total. The Balaban J connectivity index is 1.26. The lowest BCUT2D eigenvalue weighted by Crippen LogP contribution is -2.22.